The van der Waals surface area contributed by atoms with Crippen molar-refractivity contribution in [3.05, 3.63) is 35.8 Å². The summed E-state index contributed by atoms with van der Waals surface area (Å²) < 4.78 is 0. The van der Waals surface area contributed by atoms with Crippen molar-refractivity contribution in [3.63, 3.8) is 0 Å². The molecule has 0 aliphatic rings. The fraction of sp³-hybridized carbons (Fsp3) is 0.200. The Morgan fingerprint density at radius 1 is 1.57 bits per heavy atom. The Balaban J connectivity index is 3.06. The molecule has 0 spiro atoms. The van der Waals surface area contributed by atoms with E-state index in [1.165, 1.54) is 0 Å². The first-order valence-corrected chi connectivity index (χ1v) is 4.62. The van der Waals surface area contributed by atoms with Crippen LogP contribution in [0.4, 0.5) is 0 Å². The molecular weight excluding hydrogens is 200 g/mol. The topological polar surface area (TPSA) is 56.9 Å². The van der Waals surface area contributed by atoms with E-state index in [1.54, 1.807) is 24.4 Å². The summed E-state index contributed by atoms with van der Waals surface area (Å²) in [5.41, 5.74) is 0.656. The molecule has 0 radical (unpaired) electrons. The molecule has 0 unspecified atom stereocenters. The average Bonchev–Trinajstić information content (AvgIpc) is 2.21. The maximum Gasteiger partial charge on any atom is 0.115 e. The zero-order chi connectivity index (χ0) is 10.4. The van der Waals surface area contributed by atoms with Gasteiger partial charge in [0, 0.05) is 18.5 Å². The van der Waals surface area contributed by atoms with E-state index in [-0.39, 0.29) is 23.6 Å². The molecule has 72 valence electrons. The monoisotopic (exact) mass is 208 g/mol. The van der Waals surface area contributed by atoms with Crippen molar-refractivity contribution in [1.29, 1.82) is 5.26 Å². The normalized spacial score (nSPS) is 11.7. The van der Waals surface area contributed by atoms with E-state index in [0.717, 1.165) is 0 Å². The van der Waals surface area contributed by atoms with E-state index in [4.69, 9.17) is 16.9 Å². The van der Waals surface area contributed by atoms with Crippen LogP contribution in [0.3, 0.4) is 0 Å². The molecule has 3 nitrogen and oxygen atoms in total. The van der Waals surface area contributed by atoms with Gasteiger partial charge in [0.1, 0.15) is 17.4 Å². The highest BCUT2D eigenvalue weighted by Crippen LogP contribution is 2.16. The minimum Gasteiger partial charge on any atom is -0.511 e. The zero-order valence-electron chi connectivity index (χ0n) is 7.44. The Morgan fingerprint density at radius 2 is 2.36 bits per heavy atom. The SMILES string of the molecule is N#CC(=C(O)CCCl)c1ccccn1. The number of nitrogens with zero attached hydrogens (tertiary/aromatic N) is 2. The van der Waals surface area contributed by atoms with Crippen molar-refractivity contribution in [1.82, 2.24) is 4.98 Å². The van der Waals surface area contributed by atoms with Crippen LogP contribution in [0.15, 0.2) is 30.2 Å². The summed E-state index contributed by atoms with van der Waals surface area (Å²) in [4.78, 5) is 3.97. The maximum absolute atomic E-state index is 9.50. The van der Waals surface area contributed by atoms with Crippen molar-refractivity contribution >= 4 is 17.2 Å². The summed E-state index contributed by atoms with van der Waals surface area (Å²) in [7, 11) is 0. The molecule has 1 heterocycles. The van der Waals surface area contributed by atoms with Gasteiger partial charge in [-0.3, -0.25) is 4.98 Å². The fourth-order valence-electron chi connectivity index (χ4n) is 0.995. The molecule has 14 heavy (non-hydrogen) atoms. The first-order chi connectivity index (χ1) is 6.79. The second-order valence-electron chi connectivity index (χ2n) is 2.59. The van der Waals surface area contributed by atoms with Crippen LogP contribution in [0.1, 0.15) is 12.1 Å². The summed E-state index contributed by atoms with van der Waals surface area (Å²) in [6.07, 6.45) is 1.85. The van der Waals surface area contributed by atoms with Gasteiger partial charge in [-0.2, -0.15) is 5.26 Å². The number of pyridine rings is 1. The van der Waals surface area contributed by atoms with Crippen LogP contribution in [-0.4, -0.2) is 16.0 Å². The summed E-state index contributed by atoms with van der Waals surface area (Å²) in [6.45, 7) is 0. The van der Waals surface area contributed by atoms with Gasteiger partial charge in [0.2, 0.25) is 0 Å². The molecule has 1 N–H and O–H groups in total. The number of aromatic nitrogens is 1. The number of halogens is 1. The van der Waals surface area contributed by atoms with Gasteiger partial charge < -0.3 is 5.11 Å². The Morgan fingerprint density at radius 3 is 2.86 bits per heavy atom. The van der Waals surface area contributed by atoms with Crippen LogP contribution in [0.5, 0.6) is 0 Å². The quantitative estimate of drug-likeness (QED) is 0.472. The van der Waals surface area contributed by atoms with Gasteiger partial charge in [0.05, 0.1) is 5.69 Å². The number of nitriles is 1. The van der Waals surface area contributed by atoms with Gasteiger partial charge >= 0.3 is 0 Å². The molecule has 0 fully saturated rings. The van der Waals surface area contributed by atoms with Crippen molar-refractivity contribution in [3.8, 4) is 6.07 Å². The molecule has 0 aromatic carbocycles. The van der Waals surface area contributed by atoms with E-state index in [0.29, 0.717) is 5.69 Å². The Labute approximate surface area is 87.3 Å². The number of rotatable bonds is 3. The summed E-state index contributed by atoms with van der Waals surface area (Å²) >= 11 is 5.46. The fourth-order valence-corrected chi connectivity index (χ4v) is 1.17. The van der Waals surface area contributed by atoms with Crippen LogP contribution in [0.25, 0.3) is 5.57 Å². The van der Waals surface area contributed by atoms with Gasteiger partial charge in [-0.15, -0.1) is 11.6 Å². The number of alkyl halides is 1. The highest BCUT2D eigenvalue weighted by Gasteiger charge is 2.07. The van der Waals surface area contributed by atoms with Crippen LogP contribution >= 0.6 is 11.6 Å². The van der Waals surface area contributed by atoms with Crippen LogP contribution in [0, 0.1) is 11.3 Å². The van der Waals surface area contributed by atoms with Crippen LogP contribution in [-0.2, 0) is 0 Å². The molecule has 1 aromatic rings. The standard InChI is InChI=1S/C10H9ClN2O/c11-5-4-10(14)8(7-12)9-3-1-2-6-13-9/h1-3,6,14H,4-5H2. The molecule has 1 aromatic heterocycles. The lowest BCUT2D eigenvalue weighted by Crippen LogP contribution is -1.93. The minimum atomic E-state index is -0.0128. The molecule has 0 saturated carbocycles. The largest absolute Gasteiger partial charge is 0.511 e. The van der Waals surface area contributed by atoms with Crippen molar-refractivity contribution in [2.45, 2.75) is 6.42 Å². The van der Waals surface area contributed by atoms with Crippen LogP contribution < -0.4 is 0 Å². The molecule has 1 rings (SSSR count). The number of aliphatic hydroxyl groups excluding tert-OH is 1. The molecular formula is C10H9ClN2O. The number of aliphatic hydroxyl groups is 1. The summed E-state index contributed by atoms with van der Waals surface area (Å²) in [6, 6.07) is 7.09. The smallest absolute Gasteiger partial charge is 0.115 e. The van der Waals surface area contributed by atoms with Crippen LogP contribution in [0.2, 0.25) is 0 Å². The van der Waals surface area contributed by atoms with E-state index < -0.39 is 0 Å². The highest BCUT2D eigenvalue weighted by molar-refractivity contribution is 6.18. The summed E-state index contributed by atoms with van der Waals surface area (Å²) in [5.74, 6) is 0.269. The Bertz CT molecular complexity index is 367. The molecule has 0 aliphatic carbocycles. The van der Waals surface area contributed by atoms with Gasteiger partial charge in [0.15, 0.2) is 0 Å². The summed E-state index contributed by atoms with van der Waals surface area (Å²) in [5, 5.41) is 18.3. The van der Waals surface area contributed by atoms with Crippen molar-refractivity contribution in [2.24, 2.45) is 0 Å². The first-order valence-electron chi connectivity index (χ1n) is 4.09. The molecule has 4 heteroatoms. The van der Waals surface area contributed by atoms with Crippen molar-refractivity contribution < 1.29 is 5.11 Å². The molecule has 0 saturated heterocycles. The zero-order valence-corrected chi connectivity index (χ0v) is 8.20. The van der Waals surface area contributed by atoms with Crippen molar-refractivity contribution in [2.75, 3.05) is 5.88 Å². The Hall–Kier alpha value is -1.53. The van der Waals surface area contributed by atoms with E-state index in [1.807, 2.05) is 6.07 Å². The predicted molar refractivity (Wildman–Crippen MR) is 54.7 cm³/mol. The molecule has 0 aliphatic heterocycles. The third kappa shape index (κ3) is 2.48. The second-order valence-corrected chi connectivity index (χ2v) is 2.97. The predicted octanol–water partition coefficient (Wildman–Crippen LogP) is 2.50. The van der Waals surface area contributed by atoms with Gasteiger partial charge in [0.25, 0.3) is 0 Å². The highest BCUT2D eigenvalue weighted by atomic mass is 35.5. The lowest BCUT2D eigenvalue weighted by molar-refractivity contribution is 0.399. The van der Waals surface area contributed by atoms with E-state index in [2.05, 4.69) is 4.98 Å². The van der Waals surface area contributed by atoms with Gasteiger partial charge in [-0.25, -0.2) is 0 Å². The molecule has 0 bridgehead atoms. The number of hydrogen-bond acceptors (Lipinski definition) is 3. The van der Waals surface area contributed by atoms with E-state index >= 15 is 0 Å². The molecule has 0 amide bonds. The Kier molecular flexibility index (Phi) is 3.96. The minimum absolute atomic E-state index is 0.0128. The van der Waals surface area contributed by atoms with Gasteiger partial charge in [-0.05, 0) is 12.1 Å². The average molecular weight is 209 g/mol. The first kappa shape index (κ1) is 10.6. The molecule has 0 atom stereocenters. The van der Waals surface area contributed by atoms with Gasteiger partial charge in [-0.1, -0.05) is 6.07 Å². The number of allylic oxidation sites excluding steroid dienone is 2. The lowest BCUT2D eigenvalue weighted by atomic mass is 10.1. The lowest BCUT2D eigenvalue weighted by Gasteiger charge is -2.01. The third-order valence-corrected chi connectivity index (χ3v) is 1.84. The third-order valence-electron chi connectivity index (χ3n) is 1.65. The maximum atomic E-state index is 9.50. The number of hydrogen-bond donors (Lipinski definition) is 1. The van der Waals surface area contributed by atoms with E-state index in [9.17, 15) is 5.11 Å². The second kappa shape index (κ2) is 5.25.